The van der Waals surface area contributed by atoms with Gasteiger partial charge in [0.05, 0.1) is 18.3 Å². The third-order valence-corrected chi connectivity index (χ3v) is 4.05. The lowest BCUT2D eigenvalue weighted by molar-refractivity contribution is 0.113. The van der Waals surface area contributed by atoms with Crippen LogP contribution in [0.1, 0.15) is 0 Å². The molecule has 114 valence electrons. The van der Waals surface area contributed by atoms with E-state index in [-0.39, 0.29) is 6.61 Å². The molecule has 6 nitrogen and oxygen atoms in total. The predicted octanol–water partition coefficient (Wildman–Crippen LogP) is 1.38. The lowest BCUT2D eigenvalue weighted by Crippen LogP contribution is -2.14. The second-order valence-electron chi connectivity index (χ2n) is 4.59. The van der Waals surface area contributed by atoms with Gasteiger partial charge in [-0.3, -0.25) is 0 Å². The Kier molecular flexibility index (Phi) is 4.32. The van der Waals surface area contributed by atoms with Crippen molar-refractivity contribution >= 4 is 17.4 Å². The molecule has 1 aromatic carbocycles. The van der Waals surface area contributed by atoms with Crippen molar-refractivity contribution in [3.05, 3.63) is 42.2 Å². The van der Waals surface area contributed by atoms with Crippen LogP contribution in [0.4, 0.5) is 4.39 Å². The highest BCUT2D eigenvalue weighted by Gasteiger charge is 2.14. The smallest absolute Gasteiger partial charge is 0.188 e. The molecular formula is C14H13FN4O2S. The lowest BCUT2D eigenvalue weighted by Gasteiger charge is -2.06. The van der Waals surface area contributed by atoms with Crippen LogP contribution in [-0.2, 0) is 0 Å². The second-order valence-corrected chi connectivity index (χ2v) is 5.63. The van der Waals surface area contributed by atoms with Gasteiger partial charge in [-0.25, -0.2) is 4.39 Å². The van der Waals surface area contributed by atoms with Crippen LogP contribution in [0.25, 0.3) is 17.0 Å². The van der Waals surface area contributed by atoms with E-state index in [9.17, 15) is 9.50 Å². The van der Waals surface area contributed by atoms with E-state index in [1.165, 1.54) is 22.3 Å². The summed E-state index contributed by atoms with van der Waals surface area (Å²) in [4.78, 5) is 0. The SMILES string of the molecule is OCC(O)CSc1ccc2nnc(-c3ccccc3F)n2n1. The average molecular weight is 320 g/mol. The molecule has 0 saturated heterocycles. The van der Waals surface area contributed by atoms with E-state index in [0.29, 0.717) is 27.8 Å². The van der Waals surface area contributed by atoms with Gasteiger partial charge >= 0.3 is 0 Å². The molecule has 0 aliphatic heterocycles. The summed E-state index contributed by atoms with van der Waals surface area (Å²) in [7, 11) is 0. The molecule has 3 aromatic rings. The number of benzene rings is 1. The number of hydrogen-bond donors (Lipinski definition) is 2. The van der Waals surface area contributed by atoms with Gasteiger partial charge in [0.1, 0.15) is 10.8 Å². The van der Waals surface area contributed by atoms with Crippen LogP contribution in [0.15, 0.2) is 41.4 Å². The van der Waals surface area contributed by atoms with Gasteiger partial charge in [0.15, 0.2) is 11.5 Å². The summed E-state index contributed by atoms with van der Waals surface area (Å²) in [5.74, 6) is 0.234. The number of rotatable bonds is 5. The van der Waals surface area contributed by atoms with Crippen LogP contribution >= 0.6 is 11.8 Å². The van der Waals surface area contributed by atoms with E-state index in [1.807, 2.05) is 0 Å². The quantitative estimate of drug-likeness (QED) is 0.691. The Morgan fingerprint density at radius 2 is 2.00 bits per heavy atom. The van der Waals surface area contributed by atoms with E-state index < -0.39 is 11.9 Å². The van der Waals surface area contributed by atoms with E-state index in [0.717, 1.165) is 0 Å². The second kappa shape index (κ2) is 6.39. The Hall–Kier alpha value is -2.03. The number of hydrogen-bond acceptors (Lipinski definition) is 6. The molecule has 0 saturated carbocycles. The molecular weight excluding hydrogens is 307 g/mol. The van der Waals surface area contributed by atoms with Crippen LogP contribution in [0, 0.1) is 5.82 Å². The van der Waals surface area contributed by atoms with Gasteiger partial charge in [0.2, 0.25) is 0 Å². The Morgan fingerprint density at radius 3 is 2.77 bits per heavy atom. The maximum atomic E-state index is 13.9. The van der Waals surface area contributed by atoms with Crippen molar-refractivity contribution in [1.29, 1.82) is 0 Å². The Bertz CT molecular complexity index is 795. The van der Waals surface area contributed by atoms with Crippen molar-refractivity contribution in [3.8, 4) is 11.4 Å². The normalized spacial score (nSPS) is 12.7. The van der Waals surface area contributed by atoms with Crippen molar-refractivity contribution in [1.82, 2.24) is 19.8 Å². The fraction of sp³-hybridized carbons (Fsp3) is 0.214. The third-order valence-electron chi connectivity index (χ3n) is 2.99. The monoisotopic (exact) mass is 320 g/mol. The molecule has 0 fully saturated rings. The molecule has 2 heterocycles. The summed E-state index contributed by atoms with van der Waals surface area (Å²) in [5.41, 5.74) is 0.824. The van der Waals surface area contributed by atoms with Crippen molar-refractivity contribution < 1.29 is 14.6 Å². The molecule has 0 amide bonds. The first-order chi connectivity index (χ1) is 10.7. The molecule has 2 aromatic heterocycles. The Labute approximate surface area is 129 Å². The first-order valence-corrected chi connectivity index (χ1v) is 7.56. The summed E-state index contributed by atoms with van der Waals surface area (Å²) in [6.45, 7) is -0.303. The van der Waals surface area contributed by atoms with Crippen molar-refractivity contribution in [2.45, 2.75) is 11.1 Å². The fourth-order valence-corrected chi connectivity index (χ4v) is 2.67. The van der Waals surface area contributed by atoms with Crippen LogP contribution in [0.3, 0.4) is 0 Å². The minimum Gasteiger partial charge on any atom is -0.394 e. The summed E-state index contributed by atoms with van der Waals surface area (Å²) in [6.07, 6.45) is -0.811. The highest BCUT2D eigenvalue weighted by atomic mass is 32.2. The Morgan fingerprint density at radius 1 is 1.18 bits per heavy atom. The molecule has 1 atom stereocenters. The minimum atomic E-state index is -0.811. The minimum absolute atomic E-state index is 0.303. The van der Waals surface area contributed by atoms with Crippen LogP contribution in [0.2, 0.25) is 0 Å². The molecule has 2 N–H and O–H groups in total. The number of aliphatic hydroxyl groups is 2. The zero-order valence-corrected chi connectivity index (χ0v) is 12.2. The molecule has 0 aliphatic carbocycles. The number of halogens is 1. The highest BCUT2D eigenvalue weighted by Crippen LogP contribution is 2.22. The van der Waals surface area contributed by atoms with Gasteiger partial charge in [-0.2, -0.15) is 9.61 Å². The van der Waals surface area contributed by atoms with Crippen molar-refractivity contribution in [2.75, 3.05) is 12.4 Å². The lowest BCUT2D eigenvalue weighted by atomic mass is 10.2. The van der Waals surface area contributed by atoms with Gasteiger partial charge < -0.3 is 10.2 Å². The largest absolute Gasteiger partial charge is 0.394 e. The number of aromatic nitrogens is 4. The topological polar surface area (TPSA) is 83.5 Å². The zero-order chi connectivity index (χ0) is 15.5. The van der Waals surface area contributed by atoms with Gasteiger partial charge in [0.25, 0.3) is 0 Å². The average Bonchev–Trinajstić information content (AvgIpc) is 2.96. The van der Waals surface area contributed by atoms with Crippen molar-refractivity contribution in [3.63, 3.8) is 0 Å². The first-order valence-electron chi connectivity index (χ1n) is 6.58. The van der Waals surface area contributed by atoms with Gasteiger partial charge in [0, 0.05) is 5.75 Å². The Balaban J connectivity index is 1.97. The van der Waals surface area contributed by atoms with Crippen molar-refractivity contribution in [2.24, 2.45) is 0 Å². The van der Waals surface area contributed by atoms with E-state index in [1.54, 1.807) is 30.3 Å². The summed E-state index contributed by atoms with van der Waals surface area (Å²) >= 11 is 1.29. The maximum Gasteiger partial charge on any atom is 0.188 e. The molecule has 0 spiro atoms. The number of fused-ring (bicyclic) bond motifs is 1. The van der Waals surface area contributed by atoms with Crippen LogP contribution in [0.5, 0.6) is 0 Å². The number of nitrogens with zero attached hydrogens (tertiary/aromatic N) is 4. The third kappa shape index (κ3) is 2.94. The molecule has 3 rings (SSSR count). The van der Waals surface area contributed by atoms with Crippen LogP contribution in [-0.4, -0.2) is 48.5 Å². The highest BCUT2D eigenvalue weighted by molar-refractivity contribution is 7.99. The van der Waals surface area contributed by atoms with Gasteiger partial charge in [-0.05, 0) is 24.3 Å². The molecule has 0 radical (unpaired) electrons. The fourth-order valence-electron chi connectivity index (χ4n) is 1.89. The summed E-state index contributed by atoms with van der Waals surface area (Å²) in [6, 6.07) is 9.75. The maximum absolute atomic E-state index is 13.9. The molecule has 0 bridgehead atoms. The van der Waals surface area contributed by atoms with Gasteiger partial charge in [-0.15, -0.1) is 22.0 Å². The van der Waals surface area contributed by atoms with Gasteiger partial charge in [-0.1, -0.05) is 12.1 Å². The van der Waals surface area contributed by atoms with E-state index in [2.05, 4.69) is 15.3 Å². The molecule has 0 aliphatic rings. The molecule has 1 unspecified atom stereocenters. The van der Waals surface area contributed by atoms with E-state index >= 15 is 0 Å². The first kappa shape index (κ1) is 14.9. The standard InChI is InChI=1S/C14H13FN4O2S/c15-11-4-2-1-3-10(11)14-17-16-12-5-6-13(18-19(12)14)22-8-9(21)7-20/h1-6,9,20-21H,7-8H2. The molecule has 22 heavy (non-hydrogen) atoms. The summed E-state index contributed by atoms with van der Waals surface area (Å²) in [5, 5.41) is 31.1. The number of thioether (sulfide) groups is 1. The van der Waals surface area contributed by atoms with E-state index in [4.69, 9.17) is 5.11 Å². The van der Waals surface area contributed by atoms with Crippen LogP contribution < -0.4 is 0 Å². The molecule has 8 heteroatoms. The summed E-state index contributed by atoms with van der Waals surface area (Å²) < 4.78 is 15.4. The number of aliphatic hydroxyl groups excluding tert-OH is 2. The zero-order valence-electron chi connectivity index (χ0n) is 11.4. The predicted molar refractivity (Wildman–Crippen MR) is 80.0 cm³/mol.